The molecule has 1 aromatic heterocycles. The SMILES string of the molecule is CCSC(=Nc1nc(SC)n[nH]1)SCC. The minimum atomic E-state index is 0.594. The summed E-state index contributed by atoms with van der Waals surface area (Å²) >= 11 is 4.97. The Hall–Kier alpha value is -0.140. The molecule has 0 saturated carbocycles. The van der Waals surface area contributed by atoms with E-state index in [-0.39, 0.29) is 0 Å². The standard InChI is InChI=1S/C8H14N4S3/c1-4-14-8(15-5-2)10-6-9-7(13-3)12-11-6/h4-5H2,1-3H3,(H,9,11,12). The van der Waals surface area contributed by atoms with Gasteiger partial charge in [0, 0.05) is 0 Å². The molecule has 1 N–H and O–H groups in total. The Kier molecular flexibility index (Phi) is 6.19. The summed E-state index contributed by atoms with van der Waals surface area (Å²) in [6, 6.07) is 0. The average Bonchev–Trinajstić information content (AvgIpc) is 2.66. The molecule has 0 amide bonds. The number of rotatable bonds is 4. The van der Waals surface area contributed by atoms with Crippen LogP contribution in [0.15, 0.2) is 10.1 Å². The molecule has 0 aliphatic carbocycles. The lowest BCUT2D eigenvalue weighted by molar-refractivity contribution is 0.976. The summed E-state index contributed by atoms with van der Waals surface area (Å²) in [5.41, 5.74) is 0. The van der Waals surface area contributed by atoms with Crippen molar-refractivity contribution in [1.82, 2.24) is 15.2 Å². The van der Waals surface area contributed by atoms with Gasteiger partial charge in [0.15, 0.2) is 0 Å². The van der Waals surface area contributed by atoms with Crippen LogP contribution in [0.1, 0.15) is 13.8 Å². The van der Waals surface area contributed by atoms with E-state index in [1.807, 2.05) is 6.26 Å². The van der Waals surface area contributed by atoms with E-state index in [1.54, 1.807) is 23.5 Å². The van der Waals surface area contributed by atoms with Gasteiger partial charge in [-0.1, -0.05) is 49.1 Å². The van der Waals surface area contributed by atoms with Gasteiger partial charge in [0.25, 0.3) is 0 Å². The van der Waals surface area contributed by atoms with Crippen molar-refractivity contribution in [3.05, 3.63) is 0 Å². The van der Waals surface area contributed by atoms with Gasteiger partial charge in [0.05, 0.1) is 0 Å². The van der Waals surface area contributed by atoms with Gasteiger partial charge >= 0.3 is 0 Å². The lowest BCUT2D eigenvalue weighted by atomic mass is 11.0. The van der Waals surface area contributed by atoms with Gasteiger partial charge in [0.1, 0.15) is 4.38 Å². The van der Waals surface area contributed by atoms with Crippen molar-refractivity contribution < 1.29 is 0 Å². The number of aromatic nitrogens is 3. The summed E-state index contributed by atoms with van der Waals surface area (Å²) in [5.74, 6) is 2.64. The van der Waals surface area contributed by atoms with Crippen LogP contribution in [0, 0.1) is 0 Å². The third-order valence-corrected chi connectivity index (χ3v) is 3.88. The zero-order chi connectivity index (χ0) is 11.1. The molecule has 0 aliphatic heterocycles. The fraction of sp³-hybridized carbons (Fsp3) is 0.625. The van der Waals surface area contributed by atoms with E-state index in [0.29, 0.717) is 5.95 Å². The Bertz CT molecular complexity index is 315. The number of aliphatic imine (C=N–C) groups is 1. The van der Waals surface area contributed by atoms with Crippen molar-refractivity contribution in [2.24, 2.45) is 4.99 Å². The molecule has 1 rings (SSSR count). The Balaban J connectivity index is 2.71. The Morgan fingerprint density at radius 3 is 2.47 bits per heavy atom. The minimum absolute atomic E-state index is 0.594. The Labute approximate surface area is 103 Å². The first-order valence-corrected chi connectivity index (χ1v) is 7.80. The summed E-state index contributed by atoms with van der Waals surface area (Å²) in [5, 5.41) is 7.55. The molecule has 4 nitrogen and oxygen atoms in total. The van der Waals surface area contributed by atoms with Crippen molar-refractivity contribution in [2.45, 2.75) is 19.0 Å². The molecular formula is C8H14N4S3. The van der Waals surface area contributed by atoms with Gasteiger partial charge in [-0.25, -0.2) is 5.10 Å². The smallest absolute Gasteiger partial charge is 0.242 e. The minimum Gasteiger partial charge on any atom is -0.242 e. The van der Waals surface area contributed by atoms with Crippen LogP contribution < -0.4 is 0 Å². The molecule has 0 unspecified atom stereocenters. The van der Waals surface area contributed by atoms with Gasteiger partial charge in [-0.3, -0.25) is 0 Å². The lowest BCUT2D eigenvalue weighted by Crippen LogP contribution is -1.87. The molecule has 7 heteroatoms. The third-order valence-electron chi connectivity index (χ3n) is 1.37. The molecule has 0 fully saturated rings. The molecule has 0 aromatic carbocycles. The summed E-state index contributed by atoms with van der Waals surface area (Å²) in [6.45, 7) is 4.23. The molecule has 0 bridgehead atoms. The maximum absolute atomic E-state index is 4.41. The van der Waals surface area contributed by atoms with Crippen LogP contribution in [-0.2, 0) is 0 Å². The average molecular weight is 262 g/mol. The monoisotopic (exact) mass is 262 g/mol. The molecule has 84 valence electrons. The number of H-pyrrole nitrogens is 1. The number of hydrogen-bond acceptors (Lipinski definition) is 6. The second-order valence-corrected chi connectivity index (χ2v) is 5.93. The molecule has 0 atom stereocenters. The predicted octanol–water partition coefficient (Wildman–Crippen LogP) is 3.02. The van der Waals surface area contributed by atoms with Gasteiger partial charge in [0.2, 0.25) is 11.1 Å². The summed E-state index contributed by atoms with van der Waals surface area (Å²) < 4.78 is 1.05. The Morgan fingerprint density at radius 1 is 1.33 bits per heavy atom. The highest BCUT2D eigenvalue weighted by atomic mass is 32.2. The number of nitrogens with zero attached hydrogens (tertiary/aromatic N) is 3. The topological polar surface area (TPSA) is 53.9 Å². The summed E-state index contributed by atoms with van der Waals surface area (Å²) in [4.78, 5) is 8.62. The maximum Gasteiger partial charge on any atom is 0.247 e. The fourth-order valence-corrected chi connectivity index (χ4v) is 2.97. The van der Waals surface area contributed by atoms with Crippen molar-refractivity contribution in [3.63, 3.8) is 0 Å². The van der Waals surface area contributed by atoms with E-state index in [1.165, 1.54) is 11.8 Å². The molecule has 0 saturated heterocycles. The molecule has 0 spiro atoms. The van der Waals surface area contributed by atoms with E-state index in [2.05, 4.69) is 34.0 Å². The number of aromatic amines is 1. The number of hydrogen-bond donors (Lipinski definition) is 1. The highest BCUT2D eigenvalue weighted by Gasteiger charge is 2.03. The number of thioether (sulfide) groups is 3. The second-order valence-electron chi connectivity index (χ2n) is 2.39. The molecule has 1 aromatic rings. The number of nitrogens with one attached hydrogen (secondary N) is 1. The molecule has 0 radical (unpaired) electrons. The zero-order valence-electron chi connectivity index (χ0n) is 8.98. The highest BCUT2D eigenvalue weighted by molar-refractivity contribution is 8.38. The van der Waals surface area contributed by atoms with Crippen molar-refractivity contribution in [2.75, 3.05) is 17.8 Å². The van der Waals surface area contributed by atoms with Crippen molar-refractivity contribution in [1.29, 1.82) is 0 Å². The second kappa shape index (κ2) is 7.19. The molecule has 1 heterocycles. The van der Waals surface area contributed by atoms with Crippen molar-refractivity contribution >= 4 is 45.6 Å². The van der Waals surface area contributed by atoms with E-state index in [9.17, 15) is 0 Å². The van der Waals surface area contributed by atoms with Crippen LogP contribution in [-0.4, -0.2) is 37.3 Å². The first-order valence-electron chi connectivity index (χ1n) is 4.60. The molecule has 0 aliphatic rings. The van der Waals surface area contributed by atoms with E-state index in [4.69, 9.17) is 0 Å². The normalized spacial score (nSPS) is 10.3. The Morgan fingerprint density at radius 2 is 2.00 bits per heavy atom. The van der Waals surface area contributed by atoms with E-state index in [0.717, 1.165) is 21.0 Å². The van der Waals surface area contributed by atoms with E-state index < -0.39 is 0 Å². The highest BCUT2D eigenvalue weighted by Crippen LogP contribution is 2.21. The summed E-state index contributed by atoms with van der Waals surface area (Å²) in [7, 11) is 0. The van der Waals surface area contributed by atoms with Gasteiger partial charge in [-0.2, -0.15) is 9.98 Å². The zero-order valence-corrected chi connectivity index (χ0v) is 11.4. The van der Waals surface area contributed by atoms with Crippen LogP contribution in [0.3, 0.4) is 0 Å². The van der Waals surface area contributed by atoms with Crippen molar-refractivity contribution in [3.8, 4) is 0 Å². The van der Waals surface area contributed by atoms with Gasteiger partial charge < -0.3 is 0 Å². The van der Waals surface area contributed by atoms with E-state index >= 15 is 0 Å². The van der Waals surface area contributed by atoms with Crippen LogP contribution in [0.5, 0.6) is 0 Å². The predicted molar refractivity (Wildman–Crippen MR) is 71.5 cm³/mol. The van der Waals surface area contributed by atoms with Gasteiger partial charge in [-0.05, 0) is 17.8 Å². The fourth-order valence-electron chi connectivity index (χ4n) is 0.819. The van der Waals surface area contributed by atoms with Crippen LogP contribution in [0.2, 0.25) is 0 Å². The molecular weight excluding hydrogens is 248 g/mol. The van der Waals surface area contributed by atoms with Crippen LogP contribution >= 0.6 is 35.3 Å². The summed E-state index contributed by atoms with van der Waals surface area (Å²) in [6.07, 6.45) is 1.94. The maximum atomic E-state index is 4.41. The first-order chi connectivity index (χ1) is 7.30. The quantitative estimate of drug-likeness (QED) is 0.513. The van der Waals surface area contributed by atoms with Crippen LogP contribution in [0.25, 0.3) is 0 Å². The lowest BCUT2D eigenvalue weighted by Gasteiger charge is -1.99. The molecule has 15 heavy (non-hydrogen) atoms. The third kappa shape index (κ3) is 4.48. The van der Waals surface area contributed by atoms with Crippen LogP contribution in [0.4, 0.5) is 5.95 Å². The largest absolute Gasteiger partial charge is 0.247 e. The van der Waals surface area contributed by atoms with Gasteiger partial charge in [-0.15, -0.1) is 5.10 Å². The first kappa shape index (κ1) is 12.9.